The zero-order valence-corrected chi connectivity index (χ0v) is 13.0. The van der Waals surface area contributed by atoms with E-state index in [1.165, 1.54) is 0 Å². The average Bonchev–Trinajstić information content (AvgIpc) is 2.76. The number of carbonyl (C=O) groups is 1. The topological polar surface area (TPSA) is 38.3 Å². The third kappa shape index (κ3) is 3.02. The van der Waals surface area contributed by atoms with Crippen LogP contribution in [0.25, 0.3) is 0 Å². The van der Waals surface area contributed by atoms with E-state index in [9.17, 15) is 4.79 Å². The van der Waals surface area contributed by atoms with E-state index >= 15 is 0 Å². The van der Waals surface area contributed by atoms with Crippen molar-refractivity contribution in [2.24, 2.45) is 0 Å². The number of thiophene rings is 1. The van der Waals surface area contributed by atoms with Crippen molar-refractivity contribution in [3.63, 3.8) is 0 Å². The van der Waals surface area contributed by atoms with E-state index in [1.807, 2.05) is 36.6 Å². The minimum absolute atomic E-state index is 0.113. The zero-order valence-electron chi connectivity index (χ0n) is 9.99. The molecule has 18 heavy (non-hydrogen) atoms. The van der Waals surface area contributed by atoms with Crippen molar-refractivity contribution in [2.45, 2.75) is 6.92 Å². The van der Waals surface area contributed by atoms with Crippen LogP contribution in [-0.2, 0) is 0 Å². The maximum Gasteiger partial charge on any atom is 0.256 e. The van der Waals surface area contributed by atoms with Crippen LogP contribution in [0.3, 0.4) is 0 Å². The third-order valence-electron chi connectivity index (χ3n) is 2.43. The fourth-order valence-electron chi connectivity index (χ4n) is 1.54. The second kappa shape index (κ2) is 5.71. The van der Waals surface area contributed by atoms with Crippen LogP contribution < -0.4 is 10.1 Å². The van der Waals surface area contributed by atoms with Gasteiger partial charge >= 0.3 is 0 Å². The van der Waals surface area contributed by atoms with Gasteiger partial charge in [0.1, 0.15) is 5.75 Å². The van der Waals surface area contributed by atoms with Crippen LogP contribution in [0.2, 0.25) is 0 Å². The van der Waals surface area contributed by atoms with Gasteiger partial charge in [-0.05, 0) is 53.3 Å². The number of benzene rings is 1. The summed E-state index contributed by atoms with van der Waals surface area (Å²) in [5.41, 5.74) is 2.45. The molecule has 3 nitrogen and oxygen atoms in total. The number of hydrogen-bond donors (Lipinski definition) is 1. The Morgan fingerprint density at radius 2 is 2.17 bits per heavy atom. The Kier molecular flexibility index (Phi) is 4.23. The summed E-state index contributed by atoms with van der Waals surface area (Å²) in [6, 6.07) is 7.56. The normalized spacial score (nSPS) is 10.2. The molecule has 0 spiro atoms. The molecule has 2 aromatic rings. The molecule has 0 saturated carbocycles. The largest absolute Gasteiger partial charge is 0.495 e. The summed E-state index contributed by atoms with van der Waals surface area (Å²) in [6.45, 7) is 1.97. The molecule has 1 aromatic carbocycles. The van der Waals surface area contributed by atoms with Crippen LogP contribution in [-0.4, -0.2) is 13.0 Å². The molecule has 0 unspecified atom stereocenters. The van der Waals surface area contributed by atoms with E-state index in [-0.39, 0.29) is 5.91 Å². The molecule has 1 amide bonds. The number of anilines is 1. The van der Waals surface area contributed by atoms with Gasteiger partial charge in [-0.3, -0.25) is 4.79 Å². The number of rotatable bonds is 3. The molecule has 0 atom stereocenters. The molecule has 0 saturated heterocycles. The minimum Gasteiger partial charge on any atom is -0.495 e. The van der Waals surface area contributed by atoms with Crippen molar-refractivity contribution in [2.75, 3.05) is 12.4 Å². The first-order valence-corrected chi connectivity index (χ1v) is 7.26. The lowest BCUT2D eigenvalue weighted by molar-refractivity contribution is 0.102. The minimum atomic E-state index is -0.113. The Hall–Kier alpha value is -1.08. The standard InChI is InChI=1S/C13H12INO2S/c1-8-3-4-11(17-2)10(5-8)15-13(16)9-6-12(14)18-7-9/h3-7H,1-2H3,(H,15,16). The lowest BCUT2D eigenvalue weighted by Crippen LogP contribution is -2.11. The summed E-state index contributed by atoms with van der Waals surface area (Å²) in [7, 11) is 1.59. The predicted octanol–water partition coefficient (Wildman–Crippen LogP) is 3.92. The van der Waals surface area contributed by atoms with Gasteiger partial charge in [-0.1, -0.05) is 6.07 Å². The lowest BCUT2D eigenvalue weighted by atomic mass is 10.2. The number of hydrogen-bond acceptors (Lipinski definition) is 3. The second-order valence-corrected chi connectivity index (χ2v) is 6.60. The Morgan fingerprint density at radius 3 is 2.78 bits per heavy atom. The van der Waals surface area contributed by atoms with E-state index < -0.39 is 0 Å². The number of aryl methyl sites for hydroxylation is 1. The Labute approximate surface area is 123 Å². The van der Waals surface area contributed by atoms with E-state index in [0.717, 1.165) is 8.45 Å². The van der Waals surface area contributed by atoms with E-state index in [2.05, 4.69) is 27.9 Å². The van der Waals surface area contributed by atoms with Crippen LogP contribution in [0.15, 0.2) is 29.6 Å². The van der Waals surface area contributed by atoms with Gasteiger partial charge < -0.3 is 10.1 Å². The average molecular weight is 373 g/mol. The highest BCUT2D eigenvalue weighted by atomic mass is 127. The molecular formula is C13H12INO2S. The van der Waals surface area contributed by atoms with Gasteiger partial charge in [0.2, 0.25) is 0 Å². The highest BCUT2D eigenvalue weighted by Crippen LogP contribution is 2.26. The monoisotopic (exact) mass is 373 g/mol. The lowest BCUT2D eigenvalue weighted by Gasteiger charge is -2.10. The molecule has 5 heteroatoms. The number of methoxy groups -OCH3 is 1. The van der Waals surface area contributed by atoms with Gasteiger partial charge in [0.25, 0.3) is 5.91 Å². The number of nitrogens with one attached hydrogen (secondary N) is 1. The van der Waals surface area contributed by atoms with Crippen molar-refractivity contribution < 1.29 is 9.53 Å². The molecule has 0 bridgehead atoms. The zero-order chi connectivity index (χ0) is 13.1. The summed E-state index contributed by atoms with van der Waals surface area (Å²) < 4.78 is 6.32. The first-order chi connectivity index (χ1) is 8.60. The Bertz CT molecular complexity index is 580. The summed E-state index contributed by atoms with van der Waals surface area (Å²) in [5, 5.41) is 4.72. The van der Waals surface area contributed by atoms with Gasteiger partial charge in [0.15, 0.2) is 0 Å². The van der Waals surface area contributed by atoms with Crippen molar-refractivity contribution in [3.8, 4) is 5.75 Å². The van der Waals surface area contributed by atoms with Crippen molar-refractivity contribution in [1.29, 1.82) is 0 Å². The summed E-state index contributed by atoms with van der Waals surface area (Å²) in [6.07, 6.45) is 0. The number of ether oxygens (including phenoxy) is 1. The maximum absolute atomic E-state index is 12.0. The molecule has 1 aromatic heterocycles. The molecule has 1 N–H and O–H groups in total. The summed E-state index contributed by atoms with van der Waals surface area (Å²) >= 11 is 3.75. The van der Waals surface area contributed by atoms with Crippen molar-refractivity contribution in [3.05, 3.63) is 43.7 Å². The van der Waals surface area contributed by atoms with Crippen LogP contribution in [0.4, 0.5) is 5.69 Å². The van der Waals surface area contributed by atoms with Crippen LogP contribution in [0.1, 0.15) is 15.9 Å². The molecule has 0 radical (unpaired) electrons. The highest BCUT2D eigenvalue weighted by Gasteiger charge is 2.11. The number of halogens is 1. The van der Waals surface area contributed by atoms with Crippen molar-refractivity contribution >= 4 is 45.5 Å². The van der Waals surface area contributed by atoms with E-state index in [4.69, 9.17) is 4.74 Å². The Balaban J connectivity index is 2.23. The van der Waals surface area contributed by atoms with Crippen LogP contribution in [0.5, 0.6) is 5.75 Å². The molecular weight excluding hydrogens is 361 g/mol. The second-order valence-electron chi connectivity index (χ2n) is 3.80. The van der Waals surface area contributed by atoms with Gasteiger partial charge in [-0.15, -0.1) is 11.3 Å². The predicted molar refractivity (Wildman–Crippen MR) is 82.7 cm³/mol. The van der Waals surface area contributed by atoms with Gasteiger partial charge in [-0.2, -0.15) is 0 Å². The molecule has 0 aliphatic carbocycles. The fourth-order valence-corrected chi connectivity index (χ4v) is 2.87. The third-order valence-corrected chi connectivity index (χ3v) is 4.22. The molecule has 0 fully saturated rings. The molecule has 0 aliphatic rings. The Morgan fingerprint density at radius 1 is 1.39 bits per heavy atom. The summed E-state index contributed by atoms with van der Waals surface area (Å²) in [4.78, 5) is 12.0. The van der Waals surface area contributed by atoms with Crippen LogP contribution in [0, 0.1) is 9.81 Å². The van der Waals surface area contributed by atoms with Gasteiger partial charge in [0.05, 0.1) is 21.2 Å². The first kappa shape index (κ1) is 13.4. The van der Waals surface area contributed by atoms with Gasteiger partial charge in [0, 0.05) is 5.38 Å². The van der Waals surface area contributed by atoms with E-state index in [1.54, 1.807) is 18.4 Å². The summed E-state index contributed by atoms with van der Waals surface area (Å²) in [5.74, 6) is 0.553. The van der Waals surface area contributed by atoms with Gasteiger partial charge in [-0.25, -0.2) is 0 Å². The first-order valence-electron chi connectivity index (χ1n) is 5.30. The van der Waals surface area contributed by atoms with Crippen LogP contribution >= 0.6 is 33.9 Å². The number of carbonyl (C=O) groups excluding carboxylic acids is 1. The SMILES string of the molecule is COc1ccc(C)cc1NC(=O)c1csc(I)c1. The quantitative estimate of drug-likeness (QED) is 0.829. The fraction of sp³-hybridized carbons (Fsp3) is 0.154. The van der Waals surface area contributed by atoms with Crippen molar-refractivity contribution in [1.82, 2.24) is 0 Å². The molecule has 94 valence electrons. The maximum atomic E-state index is 12.0. The van der Waals surface area contributed by atoms with E-state index in [0.29, 0.717) is 17.0 Å². The molecule has 0 aliphatic heterocycles. The molecule has 2 rings (SSSR count). The highest BCUT2D eigenvalue weighted by molar-refractivity contribution is 14.1. The smallest absolute Gasteiger partial charge is 0.256 e. The number of amides is 1. The molecule has 1 heterocycles.